The predicted octanol–water partition coefficient (Wildman–Crippen LogP) is 4.45. The van der Waals surface area contributed by atoms with Crippen LogP contribution >= 0.6 is 23.1 Å². The molecule has 0 saturated carbocycles. The number of ether oxygens (including phenoxy) is 2. The van der Waals surface area contributed by atoms with Crippen molar-refractivity contribution in [3.05, 3.63) is 65.0 Å². The molecule has 0 bridgehead atoms. The van der Waals surface area contributed by atoms with Gasteiger partial charge in [0.2, 0.25) is 5.13 Å². The highest BCUT2D eigenvalue weighted by atomic mass is 32.2. The van der Waals surface area contributed by atoms with E-state index in [4.69, 9.17) is 9.47 Å². The third-order valence-electron chi connectivity index (χ3n) is 3.80. The van der Waals surface area contributed by atoms with Crippen LogP contribution in [-0.2, 0) is 23.6 Å². The van der Waals surface area contributed by atoms with Crippen molar-refractivity contribution in [2.75, 3.05) is 12.1 Å². The van der Waals surface area contributed by atoms with Gasteiger partial charge in [-0.15, -0.1) is 10.2 Å². The zero-order valence-corrected chi connectivity index (χ0v) is 15.4. The highest BCUT2D eigenvalue weighted by Crippen LogP contribution is 2.35. The van der Waals surface area contributed by atoms with Gasteiger partial charge >= 0.3 is 0 Å². The van der Waals surface area contributed by atoms with Crippen molar-refractivity contribution in [1.82, 2.24) is 10.2 Å². The standard InChI is InChI=1S/C18H16FN3O2S2/c19-15-6-13-9-23-11-24-16(13)14(7-15)10-25-18-22-21-17(26-18)20-8-12-4-2-1-3-5-12/h1-7H,8-11H2,(H,20,21). The van der Waals surface area contributed by atoms with Crippen molar-refractivity contribution >= 4 is 28.2 Å². The van der Waals surface area contributed by atoms with Crippen LogP contribution in [0.1, 0.15) is 16.7 Å². The third kappa shape index (κ3) is 4.14. The number of anilines is 1. The van der Waals surface area contributed by atoms with Crippen molar-refractivity contribution in [2.45, 2.75) is 23.2 Å². The van der Waals surface area contributed by atoms with E-state index in [1.807, 2.05) is 18.2 Å². The second kappa shape index (κ2) is 8.03. The van der Waals surface area contributed by atoms with Gasteiger partial charge in [0.05, 0.1) is 6.61 Å². The van der Waals surface area contributed by atoms with Gasteiger partial charge in [0.1, 0.15) is 11.6 Å². The van der Waals surface area contributed by atoms with E-state index in [2.05, 4.69) is 27.6 Å². The number of halogens is 1. The van der Waals surface area contributed by atoms with Crippen LogP contribution in [0.4, 0.5) is 9.52 Å². The Hall–Kier alpha value is -2.16. The van der Waals surface area contributed by atoms with Gasteiger partial charge in [-0.05, 0) is 17.7 Å². The number of nitrogens with zero attached hydrogens (tertiary/aromatic N) is 2. The lowest BCUT2D eigenvalue weighted by Gasteiger charge is -2.20. The molecule has 0 unspecified atom stereocenters. The SMILES string of the molecule is Fc1cc2c(c(CSc3nnc(NCc4ccccc4)s3)c1)OCOC2. The Bertz CT molecular complexity index is 889. The number of thioether (sulfide) groups is 1. The molecule has 0 saturated heterocycles. The van der Waals surface area contributed by atoms with Crippen LogP contribution < -0.4 is 10.1 Å². The van der Waals surface area contributed by atoms with E-state index in [0.717, 1.165) is 26.3 Å². The minimum atomic E-state index is -0.282. The van der Waals surface area contributed by atoms with E-state index in [-0.39, 0.29) is 12.6 Å². The van der Waals surface area contributed by atoms with Gasteiger partial charge in [-0.1, -0.05) is 53.4 Å². The normalized spacial score (nSPS) is 13.1. The first-order valence-corrected chi connectivity index (χ1v) is 9.84. The Morgan fingerprint density at radius 3 is 2.96 bits per heavy atom. The second-order valence-electron chi connectivity index (χ2n) is 5.66. The molecule has 2 aromatic carbocycles. The lowest BCUT2D eigenvalue weighted by atomic mass is 10.1. The summed E-state index contributed by atoms with van der Waals surface area (Å²) in [5.41, 5.74) is 2.74. The molecule has 134 valence electrons. The maximum atomic E-state index is 13.8. The Labute approximate surface area is 158 Å². The number of hydrogen-bond donors (Lipinski definition) is 1. The van der Waals surface area contributed by atoms with E-state index < -0.39 is 0 Å². The van der Waals surface area contributed by atoms with Gasteiger partial charge in [-0.2, -0.15) is 0 Å². The minimum Gasteiger partial charge on any atom is -0.467 e. The summed E-state index contributed by atoms with van der Waals surface area (Å²) in [6, 6.07) is 13.1. The molecule has 0 amide bonds. The van der Waals surface area contributed by atoms with Crippen LogP contribution in [0.2, 0.25) is 0 Å². The number of aromatic nitrogens is 2. The number of benzene rings is 2. The maximum Gasteiger partial charge on any atom is 0.206 e. The first-order valence-electron chi connectivity index (χ1n) is 8.04. The molecule has 3 aromatic rings. The topological polar surface area (TPSA) is 56.3 Å². The summed E-state index contributed by atoms with van der Waals surface area (Å²) in [5.74, 6) is 1.00. The Morgan fingerprint density at radius 2 is 2.08 bits per heavy atom. The summed E-state index contributed by atoms with van der Waals surface area (Å²) in [7, 11) is 0. The van der Waals surface area contributed by atoms with E-state index in [0.29, 0.717) is 18.9 Å². The highest BCUT2D eigenvalue weighted by Gasteiger charge is 2.17. The fraction of sp³-hybridized carbons (Fsp3) is 0.222. The van der Waals surface area contributed by atoms with E-state index in [1.165, 1.54) is 40.8 Å². The van der Waals surface area contributed by atoms with Gasteiger partial charge in [0.15, 0.2) is 11.1 Å². The van der Waals surface area contributed by atoms with Crippen LogP contribution in [0, 0.1) is 5.82 Å². The quantitative estimate of drug-likeness (QED) is 0.629. The second-order valence-corrected chi connectivity index (χ2v) is 7.86. The van der Waals surface area contributed by atoms with Crippen LogP contribution in [0.25, 0.3) is 0 Å². The molecular formula is C18H16FN3O2S2. The van der Waals surface area contributed by atoms with Crippen LogP contribution in [0.3, 0.4) is 0 Å². The van der Waals surface area contributed by atoms with Crippen LogP contribution in [0.15, 0.2) is 46.8 Å². The van der Waals surface area contributed by atoms with Crippen molar-refractivity contribution in [3.8, 4) is 5.75 Å². The Balaban J connectivity index is 1.38. The fourth-order valence-corrected chi connectivity index (χ4v) is 4.33. The number of rotatable bonds is 6. The van der Waals surface area contributed by atoms with E-state index >= 15 is 0 Å². The Kier molecular flexibility index (Phi) is 5.33. The summed E-state index contributed by atoms with van der Waals surface area (Å²) in [6.45, 7) is 1.27. The van der Waals surface area contributed by atoms with Gasteiger partial charge < -0.3 is 14.8 Å². The average molecular weight is 389 g/mol. The smallest absolute Gasteiger partial charge is 0.206 e. The monoisotopic (exact) mass is 389 g/mol. The molecule has 0 spiro atoms. The molecule has 0 fully saturated rings. The summed E-state index contributed by atoms with van der Waals surface area (Å²) < 4.78 is 25.4. The highest BCUT2D eigenvalue weighted by molar-refractivity contribution is 8.00. The molecule has 4 rings (SSSR count). The molecule has 0 atom stereocenters. The average Bonchev–Trinajstić information content (AvgIpc) is 3.13. The molecule has 1 aliphatic heterocycles. The minimum absolute atomic E-state index is 0.197. The largest absolute Gasteiger partial charge is 0.467 e. The molecule has 0 aliphatic carbocycles. The van der Waals surface area contributed by atoms with E-state index in [9.17, 15) is 4.39 Å². The summed E-state index contributed by atoms with van der Waals surface area (Å²) >= 11 is 3.00. The lowest BCUT2D eigenvalue weighted by molar-refractivity contribution is -0.0171. The molecule has 2 heterocycles. The zero-order valence-electron chi connectivity index (χ0n) is 13.8. The lowest BCUT2D eigenvalue weighted by Crippen LogP contribution is -2.13. The number of nitrogens with one attached hydrogen (secondary N) is 1. The molecule has 5 nitrogen and oxygen atoms in total. The van der Waals surface area contributed by atoms with Gasteiger partial charge in [0, 0.05) is 23.4 Å². The molecule has 8 heteroatoms. The summed E-state index contributed by atoms with van der Waals surface area (Å²) in [5, 5.41) is 12.4. The summed E-state index contributed by atoms with van der Waals surface area (Å²) in [6.07, 6.45) is 0. The maximum absolute atomic E-state index is 13.8. The van der Waals surface area contributed by atoms with E-state index in [1.54, 1.807) is 0 Å². The van der Waals surface area contributed by atoms with Crippen LogP contribution in [-0.4, -0.2) is 17.0 Å². The number of hydrogen-bond acceptors (Lipinski definition) is 7. The van der Waals surface area contributed by atoms with Gasteiger partial charge in [-0.25, -0.2) is 4.39 Å². The van der Waals surface area contributed by atoms with Gasteiger partial charge in [-0.3, -0.25) is 0 Å². The molecule has 1 aromatic heterocycles. The predicted molar refractivity (Wildman–Crippen MR) is 99.9 cm³/mol. The molecule has 0 radical (unpaired) electrons. The van der Waals surface area contributed by atoms with Crippen molar-refractivity contribution in [2.24, 2.45) is 0 Å². The number of fused-ring (bicyclic) bond motifs is 1. The van der Waals surface area contributed by atoms with Crippen LogP contribution in [0.5, 0.6) is 5.75 Å². The van der Waals surface area contributed by atoms with Crippen molar-refractivity contribution in [1.29, 1.82) is 0 Å². The molecular weight excluding hydrogens is 373 g/mol. The first kappa shape index (κ1) is 17.3. The zero-order chi connectivity index (χ0) is 17.8. The van der Waals surface area contributed by atoms with Crippen molar-refractivity contribution in [3.63, 3.8) is 0 Å². The molecule has 26 heavy (non-hydrogen) atoms. The first-order chi connectivity index (χ1) is 12.8. The Morgan fingerprint density at radius 1 is 1.19 bits per heavy atom. The molecule has 1 N–H and O–H groups in total. The van der Waals surface area contributed by atoms with Crippen molar-refractivity contribution < 1.29 is 13.9 Å². The third-order valence-corrected chi connectivity index (χ3v) is 5.86. The summed E-state index contributed by atoms with van der Waals surface area (Å²) in [4.78, 5) is 0. The van der Waals surface area contributed by atoms with Gasteiger partial charge in [0.25, 0.3) is 0 Å². The molecule has 1 aliphatic rings. The fourth-order valence-electron chi connectivity index (χ4n) is 2.62.